The predicted octanol–water partition coefficient (Wildman–Crippen LogP) is 3.51. The Morgan fingerprint density at radius 1 is 1.21 bits per heavy atom. The number of aromatic hydroxyl groups is 1. The summed E-state index contributed by atoms with van der Waals surface area (Å²) in [5, 5.41) is 20.0. The largest absolute Gasteiger partial charge is 0.504 e. The van der Waals surface area contributed by atoms with Crippen LogP contribution >= 0.6 is 11.6 Å². The number of oxime groups is 1. The number of hydrogen-bond acceptors (Lipinski definition) is 6. The van der Waals surface area contributed by atoms with Gasteiger partial charge in [0.25, 0.3) is 5.91 Å². The molecule has 2 heterocycles. The normalized spacial score (nSPS) is 16.7. The van der Waals surface area contributed by atoms with Gasteiger partial charge >= 0.3 is 6.03 Å². The van der Waals surface area contributed by atoms with Gasteiger partial charge in [-0.15, -0.1) is 0 Å². The summed E-state index contributed by atoms with van der Waals surface area (Å²) < 4.78 is 5.09. The van der Waals surface area contributed by atoms with Crippen molar-refractivity contribution in [3.05, 3.63) is 53.1 Å². The number of halogens is 1. The highest BCUT2D eigenvalue weighted by molar-refractivity contribution is 6.39. The number of piperidine rings is 1. The number of nitrogens with zero attached hydrogens (tertiary/aromatic N) is 2. The number of nitrogens with one attached hydrogen (secondary N) is 2. The first-order valence-electron chi connectivity index (χ1n) is 10.6. The third-order valence-corrected chi connectivity index (χ3v) is 6.11. The Balaban J connectivity index is 1.25. The molecular weight excluding hydrogens is 448 g/mol. The zero-order chi connectivity index (χ0) is 23.4. The minimum atomic E-state index is -0.564. The molecule has 2 aliphatic rings. The van der Waals surface area contributed by atoms with Gasteiger partial charge in [-0.25, -0.2) is 4.79 Å². The molecule has 0 atom stereocenters. The van der Waals surface area contributed by atoms with Crippen molar-refractivity contribution in [3.8, 4) is 11.5 Å². The monoisotopic (exact) mass is 472 g/mol. The Morgan fingerprint density at radius 3 is 2.64 bits per heavy atom. The lowest BCUT2D eigenvalue weighted by molar-refractivity contribution is -0.115. The summed E-state index contributed by atoms with van der Waals surface area (Å²) in [6.45, 7) is 1.26. The number of carbonyl (C=O) groups excluding carboxylic acids is 2. The van der Waals surface area contributed by atoms with Gasteiger partial charge in [0.15, 0.2) is 11.5 Å². The molecule has 3 N–H and O–H groups in total. The molecule has 2 aromatic carbocycles. The molecule has 1 spiro atoms. The minimum absolute atomic E-state index is 0.0382. The number of ether oxygens (including phenoxy) is 1. The van der Waals surface area contributed by atoms with Crippen molar-refractivity contribution in [2.45, 2.75) is 31.4 Å². The van der Waals surface area contributed by atoms with E-state index in [1.165, 1.54) is 13.2 Å². The van der Waals surface area contributed by atoms with E-state index >= 15 is 0 Å². The van der Waals surface area contributed by atoms with E-state index in [1.54, 1.807) is 41.3 Å². The lowest BCUT2D eigenvalue weighted by Gasteiger charge is -2.37. The number of phenolic OH excluding ortho intramolecular Hbond substituents is 1. The van der Waals surface area contributed by atoms with Crippen LogP contribution in [0.4, 0.5) is 10.5 Å². The third kappa shape index (κ3) is 5.31. The third-order valence-electron chi connectivity index (χ3n) is 5.86. The topological polar surface area (TPSA) is 112 Å². The van der Waals surface area contributed by atoms with E-state index in [2.05, 4.69) is 15.8 Å². The second-order valence-electron chi connectivity index (χ2n) is 8.10. The summed E-state index contributed by atoms with van der Waals surface area (Å²) in [5.74, 6) is 0.0761. The zero-order valence-electron chi connectivity index (χ0n) is 18.1. The van der Waals surface area contributed by atoms with Gasteiger partial charge in [-0.05, 0) is 42.0 Å². The first kappa shape index (κ1) is 22.7. The van der Waals surface area contributed by atoms with Gasteiger partial charge in [0.2, 0.25) is 0 Å². The Morgan fingerprint density at radius 2 is 1.94 bits per heavy atom. The van der Waals surface area contributed by atoms with Crippen LogP contribution in [0.15, 0.2) is 47.6 Å². The summed E-state index contributed by atoms with van der Waals surface area (Å²) in [7, 11) is 1.47. The van der Waals surface area contributed by atoms with Crippen LogP contribution in [-0.4, -0.2) is 53.5 Å². The minimum Gasteiger partial charge on any atom is -0.504 e. The van der Waals surface area contributed by atoms with Crippen molar-refractivity contribution >= 4 is 34.9 Å². The smallest absolute Gasteiger partial charge is 0.321 e. The average molecular weight is 473 g/mol. The average Bonchev–Trinajstić information content (AvgIpc) is 3.23. The number of benzene rings is 2. The van der Waals surface area contributed by atoms with Crippen LogP contribution in [0.3, 0.4) is 0 Å². The summed E-state index contributed by atoms with van der Waals surface area (Å²) >= 11 is 5.88. The van der Waals surface area contributed by atoms with E-state index in [1.807, 2.05) is 0 Å². The van der Waals surface area contributed by atoms with Crippen molar-refractivity contribution in [2.75, 3.05) is 25.5 Å². The lowest BCUT2D eigenvalue weighted by atomic mass is 9.87. The first-order chi connectivity index (χ1) is 15.9. The van der Waals surface area contributed by atoms with E-state index in [0.717, 1.165) is 5.56 Å². The molecule has 0 radical (unpaired) electrons. The highest BCUT2D eigenvalue weighted by Gasteiger charge is 2.44. The molecule has 3 amide bonds. The van der Waals surface area contributed by atoms with Crippen LogP contribution in [-0.2, 0) is 16.2 Å². The zero-order valence-corrected chi connectivity index (χ0v) is 18.9. The number of anilines is 1. The van der Waals surface area contributed by atoms with Crippen LogP contribution in [0.5, 0.6) is 11.5 Å². The first-order valence-corrected chi connectivity index (χ1v) is 11.0. The van der Waals surface area contributed by atoms with Gasteiger partial charge in [0.05, 0.1) is 7.11 Å². The number of carbonyl (C=O) groups is 2. The molecule has 0 aliphatic carbocycles. The SMILES string of the molecule is COc1cc(CNC(=O)C2=NOC3(CCN(C(=O)Nc4ccc(Cl)cc4)CC3)C2)ccc1O. The van der Waals surface area contributed by atoms with Crippen LogP contribution in [0, 0.1) is 0 Å². The number of likely N-dealkylation sites (tertiary alicyclic amines) is 1. The van der Waals surface area contributed by atoms with E-state index < -0.39 is 5.60 Å². The van der Waals surface area contributed by atoms with Crippen molar-refractivity contribution in [1.82, 2.24) is 10.2 Å². The van der Waals surface area contributed by atoms with Gasteiger partial charge in [-0.1, -0.05) is 22.8 Å². The van der Waals surface area contributed by atoms with Crippen LogP contribution in [0.2, 0.25) is 5.02 Å². The summed E-state index contributed by atoms with van der Waals surface area (Å²) in [4.78, 5) is 32.5. The van der Waals surface area contributed by atoms with Crippen LogP contribution < -0.4 is 15.4 Å². The Hall–Kier alpha value is -3.46. The molecule has 2 aliphatic heterocycles. The fourth-order valence-electron chi connectivity index (χ4n) is 3.88. The van der Waals surface area contributed by atoms with Gasteiger partial charge in [-0.2, -0.15) is 0 Å². The molecule has 0 bridgehead atoms. The number of rotatable bonds is 5. The molecule has 174 valence electrons. The number of amides is 3. The molecule has 9 nitrogen and oxygen atoms in total. The molecule has 0 unspecified atom stereocenters. The summed E-state index contributed by atoms with van der Waals surface area (Å²) in [5.41, 5.74) is 1.23. The summed E-state index contributed by atoms with van der Waals surface area (Å²) in [6.07, 6.45) is 1.55. The van der Waals surface area contributed by atoms with Crippen LogP contribution in [0.25, 0.3) is 0 Å². The standard InChI is InChI=1S/C23H25ClN4O5/c1-32-20-12-15(2-7-19(20)29)14-25-21(30)18-13-23(33-27-18)8-10-28(11-9-23)22(31)26-17-5-3-16(24)4-6-17/h2-7,12,29H,8-11,13-14H2,1H3,(H,25,30)(H,26,31). The Kier molecular flexibility index (Phi) is 6.60. The van der Waals surface area contributed by atoms with Gasteiger partial charge in [-0.3, -0.25) is 4.79 Å². The fourth-order valence-corrected chi connectivity index (χ4v) is 4.01. The number of phenols is 1. The molecular formula is C23H25ClN4O5. The van der Waals surface area contributed by atoms with E-state index in [9.17, 15) is 14.7 Å². The molecule has 33 heavy (non-hydrogen) atoms. The molecule has 1 fully saturated rings. The predicted molar refractivity (Wildman–Crippen MR) is 124 cm³/mol. The number of hydrogen-bond donors (Lipinski definition) is 3. The highest BCUT2D eigenvalue weighted by atomic mass is 35.5. The Labute approximate surface area is 196 Å². The molecule has 4 rings (SSSR count). The highest BCUT2D eigenvalue weighted by Crippen LogP contribution is 2.35. The van der Waals surface area contributed by atoms with Crippen LogP contribution in [0.1, 0.15) is 24.8 Å². The van der Waals surface area contributed by atoms with E-state index in [4.69, 9.17) is 21.2 Å². The lowest BCUT2D eigenvalue weighted by Crippen LogP contribution is -2.48. The van der Waals surface area contributed by atoms with Crippen molar-refractivity contribution < 1.29 is 24.3 Å². The number of urea groups is 1. The second-order valence-corrected chi connectivity index (χ2v) is 8.54. The van der Waals surface area contributed by atoms with Gasteiger partial charge in [0, 0.05) is 49.6 Å². The molecule has 10 heteroatoms. The van der Waals surface area contributed by atoms with Gasteiger partial charge < -0.3 is 30.2 Å². The maximum atomic E-state index is 12.6. The van der Waals surface area contributed by atoms with Crippen molar-refractivity contribution in [2.24, 2.45) is 5.16 Å². The second kappa shape index (κ2) is 9.58. The quantitative estimate of drug-likeness (QED) is 0.616. The fraction of sp³-hybridized carbons (Fsp3) is 0.348. The Bertz CT molecular complexity index is 1070. The van der Waals surface area contributed by atoms with Gasteiger partial charge in [0.1, 0.15) is 11.3 Å². The maximum Gasteiger partial charge on any atom is 0.321 e. The molecule has 1 saturated heterocycles. The van der Waals surface area contributed by atoms with Crippen molar-refractivity contribution in [1.29, 1.82) is 0 Å². The van der Waals surface area contributed by atoms with Crippen molar-refractivity contribution in [3.63, 3.8) is 0 Å². The summed E-state index contributed by atoms with van der Waals surface area (Å²) in [6, 6.07) is 11.6. The maximum absolute atomic E-state index is 12.6. The molecule has 0 aromatic heterocycles. The van der Waals surface area contributed by atoms with E-state index in [0.29, 0.717) is 54.5 Å². The molecule has 0 saturated carbocycles. The van der Waals surface area contributed by atoms with E-state index in [-0.39, 0.29) is 24.2 Å². The molecule has 2 aromatic rings. The number of methoxy groups -OCH3 is 1.